The van der Waals surface area contributed by atoms with Crippen LogP contribution in [0.1, 0.15) is 23.7 Å². The number of para-hydroxylation sites is 1. The van der Waals surface area contributed by atoms with E-state index in [1.807, 2.05) is 5.32 Å². The van der Waals surface area contributed by atoms with Crippen molar-refractivity contribution in [2.45, 2.75) is 25.6 Å². The molecule has 10 heteroatoms. The van der Waals surface area contributed by atoms with Crippen LogP contribution >= 0.6 is 0 Å². The number of aromatic nitrogens is 2. The zero-order valence-electron chi connectivity index (χ0n) is 17.0. The number of nitrogens with zero attached hydrogens (tertiary/aromatic N) is 3. The smallest absolute Gasteiger partial charge is 0.363 e. The lowest BCUT2D eigenvalue weighted by Gasteiger charge is -2.21. The van der Waals surface area contributed by atoms with E-state index in [2.05, 4.69) is 4.98 Å². The summed E-state index contributed by atoms with van der Waals surface area (Å²) in [6.07, 6.45) is -4.06. The number of carbonyl (C=O) groups excluding carboxylic acids is 1. The number of amides is 1. The number of hydrogen-bond acceptors (Lipinski definition) is 4. The van der Waals surface area contributed by atoms with E-state index in [9.17, 15) is 27.2 Å². The summed E-state index contributed by atoms with van der Waals surface area (Å²) in [4.78, 5) is 31.6. The second-order valence-corrected chi connectivity index (χ2v) is 7.10. The second kappa shape index (κ2) is 8.37. The zero-order chi connectivity index (χ0) is 22.9. The third-order valence-corrected chi connectivity index (χ3v) is 4.76. The van der Waals surface area contributed by atoms with Crippen molar-refractivity contribution < 1.29 is 22.4 Å². The molecular formula is C21H20F4N4O2. The minimum Gasteiger partial charge on any atom is -0.363 e. The summed E-state index contributed by atoms with van der Waals surface area (Å²) in [5.74, 6) is -1.38. The highest BCUT2D eigenvalue weighted by Crippen LogP contribution is 2.24. The van der Waals surface area contributed by atoms with Crippen molar-refractivity contribution in [1.82, 2.24) is 14.9 Å². The quantitative estimate of drug-likeness (QED) is 0.620. The van der Waals surface area contributed by atoms with Crippen molar-refractivity contribution in [3.05, 3.63) is 64.2 Å². The summed E-state index contributed by atoms with van der Waals surface area (Å²) in [5, 5.41) is 1.83. The van der Waals surface area contributed by atoms with Crippen molar-refractivity contribution >= 4 is 22.8 Å². The molecule has 6 nitrogen and oxygen atoms in total. The molecule has 3 rings (SSSR count). The minimum absolute atomic E-state index is 0.00665. The van der Waals surface area contributed by atoms with Gasteiger partial charge in [0.1, 0.15) is 23.2 Å². The van der Waals surface area contributed by atoms with Crippen LogP contribution in [0.2, 0.25) is 0 Å². The molecule has 0 fully saturated rings. The fourth-order valence-electron chi connectivity index (χ4n) is 3.09. The number of anilines is 1. The summed E-state index contributed by atoms with van der Waals surface area (Å²) in [7, 11) is 3.45. The van der Waals surface area contributed by atoms with Gasteiger partial charge >= 0.3 is 6.18 Å². The number of fused-ring (bicyclic) bond motifs is 1. The Morgan fingerprint density at radius 2 is 1.87 bits per heavy atom. The van der Waals surface area contributed by atoms with E-state index in [1.54, 1.807) is 25.1 Å². The van der Waals surface area contributed by atoms with Gasteiger partial charge in [-0.2, -0.15) is 13.2 Å². The lowest BCUT2D eigenvalue weighted by molar-refractivity contribution is -0.153. The van der Waals surface area contributed by atoms with Gasteiger partial charge in [-0.05, 0) is 30.7 Å². The highest BCUT2D eigenvalue weighted by molar-refractivity contribution is 5.97. The summed E-state index contributed by atoms with van der Waals surface area (Å²) >= 11 is 0. The Morgan fingerprint density at radius 3 is 2.45 bits per heavy atom. The standard InChI is InChI=1S/C21H20F4N4O2/c1-4-16(21(23,24)25)26-20(31)13-11-29(15-8-6-5-7-14(15)22)19-12(18(13)30)9-10-17(27-19)28(2)3/h5-11,16H,4H2,1-3H3,(H,26,31). The van der Waals surface area contributed by atoms with Gasteiger partial charge in [-0.15, -0.1) is 0 Å². The normalized spacial score (nSPS) is 12.6. The van der Waals surface area contributed by atoms with Gasteiger partial charge in [0.05, 0.1) is 11.1 Å². The fraction of sp³-hybridized carbons (Fsp3) is 0.286. The lowest BCUT2D eigenvalue weighted by Crippen LogP contribution is -2.46. The maximum atomic E-state index is 14.5. The first kappa shape index (κ1) is 22.3. The molecule has 164 valence electrons. The lowest BCUT2D eigenvalue weighted by atomic mass is 10.1. The third-order valence-electron chi connectivity index (χ3n) is 4.76. The number of carbonyl (C=O) groups is 1. The van der Waals surface area contributed by atoms with E-state index in [-0.39, 0.29) is 16.7 Å². The number of rotatable bonds is 5. The summed E-state index contributed by atoms with van der Waals surface area (Å²) in [6, 6.07) is 6.43. The molecule has 0 spiro atoms. The van der Waals surface area contributed by atoms with Crippen molar-refractivity contribution in [2.24, 2.45) is 0 Å². The van der Waals surface area contributed by atoms with Crippen LogP contribution < -0.4 is 15.6 Å². The summed E-state index contributed by atoms with van der Waals surface area (Å²) < 4.78 is 55.0. The number of hydrogen-bond donors (Lipinski definition) is 1. The molecule has 31 heavy (non-hydrogen) atoms. The van der Waals surface area contributed by atoms with Gasteiger partial charge in [0.25, 0.3) is 5.91 Å². The molecule has 1 atom stereocenters. The molecule has 1 aromatic carbocycles. The molecule has 0 aliphatic heterocycles. The van der Waals surface area contributed by atoms with Gasteiger partial charge in [-0.25, -0.2) is 9.37 Å². The van der Waals surface area contributed by atoms with Crippen LogP contribution in [0.3, 0.4) is 0 Å². The average molecular weight is 436 g/mol. The van der Waals surface area contributed by atoms with Gasteiger partial charge < -0.3 is 10.2 Å². The Balaban J connectivity index is 2.26. The Bertz CT molecular complexity index is 1190. The molecule has 0 saturated heterocycles. The maximum absolute atomic E-state index is 14.5. The maximum Gasteiger partial charge on any atom is 0.408 e. The molecule has 2 heterocycles. The first-order valence-electron chi connectivity index (χ1n) is 9.40. The number of nitrogens with one attached hydrogen (secondary N) is 1. The van der Waals surface area contributed by atoms with Crippen LogP contribution in [0.25, 0.3) is 16.7 Å². The molecule has 0 bridgehead atoms. The van der Waals surface area contributed by atoms with Crippen LogP contribution in [0, 0.1) is 5.82 Å². The van der Waals surface area contributed by atoms with Gasteiger partial charge in [-0.1, -0.05) is 19.1 Å². The molecule has 1 unspecified atom stereocenters. The Kier molecular flexibility index (Phi) is 6.01. The molecule has 0 aliphatic carbocycles. The first-order chi connectivity index (χ1) is 14.5. The molecule has 0 aliphatic rings. The highest BCUT2D eigenvalue weighted by Gasteiger charge is 2.39. The zero-order valence-corrected chi connectivity index (χ0v) is 17.0. The van der Waals surface area contributed by atoms with E-state index in [4.69, 9.17) is 0 Å². The van der Waals surface area contributed by atoms with Crippen molar-refractivity contribution in [3.63, 3.8) is 0 Å². The number of alkyl halides is 3. The molecule has 0 radical (unpaired) electrons. The minimum atomic E-state index is -4.67. The van der Waals surface area contributed by atoms with E-state index in [0.717, 1.165) is 6.20 Å². The summed E-state index contributed by atoms with van der Waals surface area (Å²) in [6.45, 7) is 1.27. The van der Waals surface area contributed by atoms with Gasteiger partial charge in [0.15, 0.2) is 5.65 Å². The predicted molar refractivity (Wildman–Crippen MR) is 109 cm³/mol. The van der Waals surface area contributed by atoms with Gasteiger partial charge in [0.2, 0.25) is 5.43 Å². The molecule has 1 amide bonds. The van der Waals surface area contributed by atoms with Gasteiger partial charge in [0, 0.05) is 20.3 Å². The van der Waals surface area contributed by atoms with Gasteiger partial charge in [-0.3, -0.25) is 14.2 Å². The van der Waals surface area contributed by atoms with Crippen molar-refractivity contribution in [3.8, 4) is 5.69 Å². The third kappa shape index (κ3) is 4.37. The first-order valence-corrected chi connectivity index (χ1v) is 9.40. The van der Waals surface area contributed by atoms with E-state index in [0.29, 0.717) is 5.82 Å². The Labute approximate surface area is 175 Å². The topological polar surface area (TPSA) is 67.2 Å². The van der Waals surface area contributed by atoms with Crippen LogP contribution in [0.15, 0.2) is 47.4 Å². The fourth-order valence-corrected chi connectivity index (χ4v) is 3.09. The second-order valence-electron chi connectivity index (χ2n) is 7.10. The molecule has 3 aromatic rings. The van der Waals surface area contributed by atoms with E-state index in [1.165, 1.54) is 41.8 Å². The Morgan fingerprint density at radius 1 is 1.19 bits per heavy atom. The number of benzene rings is 1. The SMILES string of the molecule is CCC(NC(=O)c1cn(-c2ccccc2F)c2nc(N(C)C)ccc2c1=O)C(F)(F)F. The largest absolute Gasteiger partial charge is 0.408 e. The van der Waals surface area contributed by atoms with E-state index >= 15 is 0 Å². The average Bonchev–Trinajstić information content (AvgIpc) is 2.71. The number of pyridine rings is 2. The van der Waals surface area contributed by atoms with Crippen LogP contribution in [-0.2, 0) is 0 Å². The van der Waals surface area contributed by atoms with Crippen LogP contribution in [0.5, 0.6) is 0 Å². The predicted octanol–water partition coefficient (Wildman–Crippen LogP) is 3.66. The molecular weight excluding hydrogens is 416 g/mol. The Hall–Kier alpha value is -3.43. The van der Waals surface area contributed by atoms with Crippen LogP contribution in [-0.4, -0.2) is 41.8 Å². The van der Waals surface area contributed by atoms with Crippen molar-refractivity contribution in [2.75, 3.05) is 19.0 Å². The molecule has 1 N–H and O–H groups in total. The summed E-state index contributed by atoms with van der Waals surface area (Å²) in [5.41, 5.74) is -1.28. The van der Waals surface area contributed by atoms with E-state index < -0.39 is 41.4 Å². The van der Waals surface area contributed by atoms with Crippen molar-refractivity contribution in [1.29, 1.82) is 0 Å². The van der Waals surface area contributed by atoms with Crippen LogP contribution in [0.4, 0.5) is 23.4 Å². The highest BCUT2D eigenvalue weighted by atomic mass is 19.4. The number of halogens is 4. The molecule has 0 saturated carbocycles. The monoisotopic (exact) mass is 436 g/mol. The molecule has 2 aromatic heterocycles.